The fourth-order valence-corrected chi connectivity index (χ4v) is 86.4. The van der Waals surface area contributed by atoms with Crippen LogP contribution in [0.15, 0.2) is 231 Å². The minimum atomic E-state index is -5.70. The maximum absolute atomic E-state index is 9.94. The number of benzene rings is 8. The second-order valence-corrected chi connectivity index (χ2v) is 54.7. The van der Waals surface area contributed by atoms with Gasteiger partial charge >= 0.3 is 329 Å². The van der Waals surface area contributed by atoms with E-state index >= 15 is 0 Å². The van der Waals surface area contributed by atoms with Gasteiger partial charge in [-0.1, -0.05) is 0 Å². The Balaban J connectivity index is 1.73. The summed E-state index contributed by atoms with van der Waals surface area (Å²) >= 11 is 0. The van der Waals surface area contributed by atoms with E-state index in [4.69, 9.17) is 0 Å². The molecule has 0 saturated heterocycles. The number of fused-ring (bicyclic) bond motifs is 3. The van der Waals surface area contributed by atoms with Gasteiger partial charge in [0, 0.05) is 0 Å². The summed E-state index contributed by atoms with van der Waals surface area (Å²) in [5.41, 5.74) is -2.64. The quantitative estimate of drug-likeness (QED) is 0.105. The van der Waals surface area contributed by atoms with E-state index in [2.05, 4.69) is 231 Å². The van der Waals surface area contributed by atoms with Gasteiger partial charge in [-0.05, 0) is 0 Å². The molecule has 0 fully saturated rings. The van der Waals surface area contributed by atoms with Gasteiger partial charge in [-0.25, -0.2) is 0 Å². The molecule has 0 heterocycles. The normalized spacial score (nSPS) is 14.0. The van der Waals surface area contributed by atoms with Crippen LogP contribution in [0, 0.1) is 0 Å². The molecule has 0 nitrogen and oxygen atoms in total. The van der Waals surface area contributed by atoms with Crippen molar-refractivity contribution in [1.82, 2.24) is 0 Å². The van der Waals surface area contributed by atoms with Crippen LogP contribution in [0.4, 0.5) is 0 Å². The standard InChI is InChI=1S/2C18H15P.C13H8.2ClH.Ru/c2*1-4-10-16(11-5-1)19(17-12-6-2-7-13-17)18-14-8-3-9-15-18;1-3-7-12-10(5-1)9-11-6-2-4-8-13(11)12;;;/h2*1-15H;1-8H;2*1H;. The summed E-state index contributed by atoms with van der Waals surface area (Å²) in [6.45, 7) is 0. The minimum absolute atomic E-state index is 1.15. The summed E-state index contributed by atoms with van der Waals surface area (Å²) in [5.74, 6) is 0. The summed E-state index contributed by atoms with van der Waals surface area (Å²) in [5, 5.41) is 7.29. The Hall–Kier alpha value is -4.31. The molecular weight excluding hydrogens is 822 g/mol. The third kappa shape index (κ3) is 4.90. The van der Waals surface area contributed by atoms with Gasteiger partial charge in [0.15, 0.2) is 0 Å². The molecule has 0 saturated carbocycles. The molecule has 0 bridgehead atoms. The predicted molar refractivity (Wildman–Crippen MR) is 240 cm³/mol. The van der Waals surface area contributed by atoms with E-state index in [0.29, 0.717) is 0 Å². The van der Waals surface area contributed by atoms with Crippen LogP contribution in [-0.4, -0.2) is 4.11 Å². The SMILES string of the molecule is [Cl][Ru]([Cl])(=[C]1c2ccccc2-c2ccccc21)([PH](c1ccccc1)(c1ccccc1)c1ccccc1)[PH](c1ccccc1)(c1ccccc1)c1ccccc1. The zero-order chi connectivity index (χ0) is 36.7. The van der Waals surface area contributed by atoms with Gasteiger partial charge in [0.05, 0.1) is 0 Å². The molecule has 0 radical (unpaired) electrons. The van der Waals surface area contributed by atoms with Gasteiger partial charge in [0.25, 0.3) is 0 Å². The third-order valence-electron chi connectivity index (χ3n) is 10.8. The van der Waals surface area contributed by atoms with Crippen molar-refractivity contribution in [2.75, 3.05) is 0 Å². The van der Waals surface area contributed by atoms with Crippen LogP contribution < -0.4 is 31.8 Å². The third-order valence-corrected chi connectivity index (χ3v) is 71.9. The van der Waals surface area contributed by atoms with Crippen molar-refractivity contribution >= 4 is 66.5 Å². The second-order valence-electron chi connectivity index (χ2n) is 13.6. The first-order valence-corrected chi connectivity index (χ1v) is 32.4. The Morgan fingerprint density at radius 3 is 0.648 bits per heavy atom. The predicted octanol–water partition coefficient (Wildman–Crippen LogP) is 10.5. The molecule has 9 rings (SSSR count). The Bertz CT molecular complexity index is 2270. The van der Waals surface area contributed by atoms with Crippen molar-refractivity contribution in [1.29, 1.82) is 0 Å². The van der Waals surface area contributed by atoms with Crippen molar-refractivity contribution in [2.24, 2.45) is 0 Å². The molecule has 0 aromatic heterocycles. The summed E-state index contributed by atoms with van der Waals surface area (Å²) < 4.78 is 1.15. The van der Waals surface area contributed by atoms with E-state index in [1.165, 1.54) is 43.0 Å². The molecule has 0 atom stereocenters. The van der Waals surface area contributed by atoms with Crippen molar-refractivity contribution in [3.05, 3.63) is 242 Å². The molecular formula is C49H40Cl2P2Ru. The maximum atomic E-state index is 9.94. The zero-order valence-electron chi connectivity index (χ0n) is 29.5. The van der Waals surface area contributed by atoms with Gasteiger partial charge < -0.3 is 0 Å². The van der Waals surface area contributed by atoms with E-state index < -0.39 is 21.4 Å². The fourth-order valence-electron chi connectivity index (χ4n) is 8.81. The first-order chi connectivity index (χ1) is 26.5. The number of hydrogen-bond donors (Lipinski definition) is 0. The van der Waals surface area contributed by atoms with Crippen LogP contribution in [0.25, 0.3) is 11.1 Å². The van der Waals surface area contributed by atoms with Gasteiger partial charge in [-0.15, -0.1) is 0 Å². The van der Waals surface area contributed by atoms with E-state index in [1.807, 2.05) is 0 Å². The van der Waals surface area contributed by atoms with Gasteiger partial charge in [0.2, 0.25) is 0 Å². The molecule has 268 valence electrons. The van der Waals surface area contributed by atoms with Crippen LogP contribution >= 0.6 is 30.6 Å². The molecule has 8 aromatic carbocycles. The first-order valence-electron chi connectivity index (χ1n) is 18.2. The van der Waals surface area contributed by atoms with Crippen LogP contribution in [-0.2, 0) is 10.2 Å². The summed E-state index contributed by atoms with van der Waals surface area (Å²) in [7, 11) is 14.2. The van der Waals surface area contributed by atoms with Crippen molar-refractivity contribution in [3.63, 3.8) is 0 Å². The molecule has 8 aromatic rings. The first kappa shape index (κ1) is 35.4. The molecule has 1 aliphatic rings. The summed E-state index contributed by atoms with van der Waals surface area (Å²) in [4.78, 5) is 0. The molecule has 0 unspecified atom stereocenters. The average molecular weight is 863 g/mol. The molecule has 0 aliphatic heterocycles. The Labute approximate surface area is 327 Å². The number of rotatable bonds is 8. The Morgan fingerprint density at radius 2 is 0.426 bits per heavy atom. The van der Waals surface area contributed by atoms with E-state index in [-0.39, 0.29) is 0 Å². The van der Waals surface area contributed by atoms with E-state index in [0.717, 1.165) is 15.2 Å². The van der Waals surface area contributed by atoms with Crippen molar-refractivity contribution in [3.8, 4) is 11.1 Å². The average Bonchev–Trinajstić information content (AvgIpc) is 3.59. The summed E-state index contributed by atoms with van der Waals surface area (Å²) in [6.07, 6.45) is 0. The molecule has 0 spiro atoms. The number of hydrogen-bond acceptors (Lipinski definition) is 0. The van der Waals surface area contributed by atoms with E-state index in [9.17, 15) is 19.4 Å². The van der Waals surface area contributed by atoms with Crippen LogP contribution in [0.2, 0.25) is 0 Å². The van der Waals surface area contributed by atoms with E-state index in [1.54, 1.807) is 0 Å². The molecule has 5 heteroatoms. The van der Waals surface area contributed by atoms with Crippen molar-refractivity contribution in [2.45, 2.75) is 0 Å². The van der Waals surface area contributed by atoms with Gasteiger partial charge in [-0.3, -0.25) is 0 Å². The van der Waals surface area contributed by atoms with Crippen LogP contribution in [0.5, 0.6) is 0 Å². The van der Waals surface area contributed by atoms with Crippen LogP contribution in [0.3, 0.4) is 0 Å². The van der Waals surface area contributed by atoms with Gasteiger partial charge in [0.1, 0.15) is 0 Å². The Morgan fingerprint density at radius 1 is 0.241 bits per heavy atom. The second kappa shape index (κ2) is 14.1. The summed E-state index contributed by atoms with van der Waals surface area (Å²) in [6, 6.07) is 84.4. The topological polar surface area (TPSA) is 0 Å². The molecule has 54 heavy (non-hydrogen) atoms. The van der Waals surface area contributed by atoms with Crippen LogP contribution in [0.1, 0.15) is 11.1 Å². The van der Waals surface area contributed by atoms with Gasteiger partial charge in [-0.2, -0.15) is 0 Å². The zero-order valence-corrected chi connectivity index (χ0v) is 34.8. The van der Waals surface area contributed by atoms with Crippen molar-refractivity contribution < 1.29 is 10.2 Å². The fraction of sp³-hybridized carbons (Fsp3) is 0. The Kier molecular flexibility index (Phi) is 9.23. The molecule has 1 aliphatic carbocycles. The number of halogens is 2. The molecule has 0 N–H and O–H groups in total. The monoisotopic (exact) mass is 862 g/mol. The molecule has 0 amide bonds.